The van der Waals surface area contributed by atoms with Gasteiger partial charge in [-0.2, -0.15) is 4.31 Å². The van der Waals surface area contributed by atoms with Gasteiger partial charge in [0.2, 0.25) is 21.8 Å². The van der Waals surface area contributed by atoms with Gasteiger partial charge in [-0.05, 0) is 46.2 Å². The Morgan fingerprint density at radius 3 is 2.21 bits per heavy atom. The van der Waals surface area contributed by atoms with E-state index in [0.29, 0.717) is 0 Å². The minimum atomic E-state index is -3.97. The van der Waals surface area contributed by atoms with Crippen molar-refractivity contribution in [3.8, 4) is 0 Å². The van der Waals surface area contributed by atoms with Crippen molar-refractivity contribution < 1.29 is 18.0 Å². The summed E-state index contributed by atoms with van der Waals surface area (Å²) in [6.07, 6.45) is 0.279. The van der Waals surface area contributed by atoms with Crippen LogP contribution < -0.4 is 5.32 Å². The molecule has 0 bridgehead atoms. The largest absolute Gasteiger partial charge is 0.357 e. The first-order valence-electron chi connectivity index (χ1n) is 12.4. The van der Waals surface area contributed by atoms with Crippen LogP contribution in [0.1, 0.15) is 11.1 Å². The van der Waals surface area contributed by atoms with E-state index >= 15 is 0 Å². The third kappa shape index (κ3) is 6.92. The van der Waals surface area contributed by atoms with Crippen molar-refractivity contribution in [1.82, 2.24) is 14.5 Å². The average molecular weight is 609 g/mol. The van der Waals surface area contributed by atoms with Gasteiger partial charge in [0.25, 0.3) is 0 Å². The Labute approximate surface area is 237 Å². The number of nitrogens with one attached hydrogen (secondary N) is 1. The molecule has 2 amide bonds. The van der Waals surface area contributed by atoms with Crippen LogP contribution in [0.3, 0.4) is 0 Å². The zero-order chi connectivity index (χ0) is 28.0. The van der Waals surface area contributed by atoms with Crippen LogP contribution in [0.4, 0.5) is 0 Å². The van der Waals surface area contributed by atoms with Crippen LogP contribution in [-0.4, -0.2) is 56.1 Å². The van der Waals surface area contributed by atoms with Crippen molar-refractivity contribution in [2.75, 3.05) is 20.6 Å². The quantitative estimate of drug-likeness (QED) is 0.285. The Balaban J connectivity index is 1.65. The molecule has 1 atom stereocenters. The minimum Gasteiger partial charge on any atom is -0.357 e. The number of benzene rings is 4. The molecule has 0 saturated heterocycles. The van der Waals surface area contributed by atoms with Crippen LogP contribution >= 0.6 is 15.9 Å². The third-order valence-corrected chi connectivity index (χ3v) is 8.84. The van der Waals surface area contributed by atoms with E-state index in [4.69, 9.17) is 0 Å². The Morgan fingerprint density at radius 2 is 1.51 bits per heavy atom. The fourth-order valence-corrected chi connectivity index (χ4v) is 6.03. The van der Waals surface area contributed by atoms with Crippen LogP contribution in [0.2, 0.25) is 0 Å². The fraction of sp³-hybridized carbons (Fsp3) is 0.200. The van der Waals surface area contributed by atoms with Crippen LogP contribution in [0.25, 0.3) is 10.8 Å². The van der Waals surface area contributed by atoms with Gasteiger partial charge < -0.3 is 10.2 Å². The molecule has 0 spiro atoms. The standard InChI is InChI=1S/C30H30BrN3O4S/c1-32-30(36)28(18-22-9-4-3-5-10-22)34(20-23-11-8-14-26(31)17-23)29(35)21-33(2)39(37,38)27-16-15-24-12-6-7-13-25(24)19-27/h3-17,19,28H,18,20-21H2,1-2H3,(H,32,36)/t28-/m0/s1. The number of likely N-dealkylation sites (N-methyl/N-ethyl adjacent to an activating group) is 2. The highest BCUT2D eigenvalue weighted by Gasteiger charge is 2.32. The number of hydrogen-bond acceptors (Lipinski definition) is 4. The molecule has 1 N–H and O–H groups in total. The summed E-state index contributed by atoms with van der Waals surface area (Å²) in [5.41, 5.74) is 1.69. The summed E-state index contributed by atoms with van der Waals surface area (Å²) < 4.78 is 28.8. The Morgan fingerprint density at radius 1 is 0.846 bits per heavy atom. The summed E-state index contributed by atoms with van der Waals surface area (Å²) in [7, 11) is -1.06. The second-order valence-corrected chi connectivity index (χ2v) is 12.2. The van der Waals surface area contributed by atoms with Crippen molar-refractivity contribution >= 4 is 48.5 Å². The number of carbonyl (C=O) groups excluding carboxylic acids is 2. The minimum absolute atomic E-state index is 0.0992. The van der Waals surface area contributed by atoms with E-state index in [2.05, 4.69) is 21.2 Å². The van der Waals surface area contributed by atoms with Gasteiger partial charge in [0.1, 0.15) is 6.04 Å². The zero-order valence-electron chi connectivity index (χ0n) is 21.7. The molecule has 7 nitrogen and oxygen atoms in total. The van der Waals surface area contributed by atoms with Gasteiger partial charge in [-0.1, -0.05) is 88.7 Å². The lowest BCUT2D eigenvalue weighted by molar-refractivity contribution is -0.141. The second-order valence-electron chi connectivity index (χ2n) is 9.24. The summed E-state index contributed by atoms with van der Waals surface area (Å²) in [6, 6.07) is 28.4. The maximum atomic E-state index is 13.8. The molecular weight excluding hydrogens is 578 g/mol. The molecule has 202 valence electrons. The number of halogens is 1. The summed E-state index contributed by atoms with van der Waals surface area (Å²) in [4.78, 5) is 28.5. The smallest absolute Gasteiger partial charge is 0.243 e. The van der Waals surface area contributed by atoms with Gasteiger partial charge in [0.05, 0.1) is 11.4 Å². The normalized spacial score (nSPS) is 12.3. The number of rotatable bonds is 10. The molecule has 0 aliphatic heterocycles. The Kier molecular flexibility index (Phi) is 9.16. The average Bonchev–Trinajstić information content (AvgIpc) is 2.94. The highest BCUT2D eigenvalue weighted by molar-refractivity contribution is 9.10. The van der Waals surface area contributed by atoms with Crippen LogP contribution in [0.5, 0.6) is 0 Å². The molecule has 0 radical (unpaired) electrons. The third-order valence-electron chi connectivity index (χ3n) is 6.55. The lowest BCUT2D eigenvalue weighted by Crippen LogP contribution is -2.52. The highest BCUT2D eigenvalue weighted by atomic mass is 79.9. The molecule has 4 aromatic carbocycles. The van der Waals surface area contributed by atoms with Crippen LogP contribution in [0.15, 0.2) is 106 Å². The van der Waals surface area contributed by atoms with Gasteiger partial charge in [-0.3, -0.25) is 9.59 Å². The Hall–Kier alpha value is -3.53. The van der Waals surface area contributed by atoms with Gasteiger partial charge in [0, 0.05) is 31.5 Å². The van der Waals surface area contributed by atoms with E-state index in [1.54, 1.807) is 18.2 Å². The van der Waals surface area contributed by atoms with Crippen LogP contribution in [0, 0.1) is 0 Å². The monoisotopic (exact) mass is 607 g/mol. The van der Waals surface area contributed by atoms with Gasteiger partial charge in [0.15, 0.2) is 0 Å². The highest BCUT2D eigenvalue weighted by Crippen LogP contribution is 2.23. The van der Waals surface area contributed by atoms with Crippen molar-refractivity contribution in [3.63, 3.8) is 0 Å². The number of nitrogens with zero attached hydrogens (tertiary/aromatic N) is 2. The summed E-state index contributed by atoms with van der Waals surface area (Å²) in [6.45, 7) is -0.293. The lowest BCUT2D eigenvalue weighted by atomic mass is 10.0. The number of sulfonamides is 1. The molecule has 4 aromatic rings. The summed E-state index contributed by atoms with van der Waals surface area (Å²) in [5, 5.41) is 4.38. The number of fused-ring (bicyclic) bond motifs is 1. The van der Waals surface area contributed by atoms with Crippen molar-refractivity contribution in [3.05, 3.63) is 113 Å². The zero-order valence-corrected chi connectivity index (χ0v) is 24.2. The molecule has 0 unspecified atom stereocenters. The first-order valence-corrected chi connectivity index (χ1v) is 14.7. The first kappa shape index (κ1) is 28.5. The molecule has 4 rings (SSSR count). The summed E-state index contributed by atoms with van der Waals surface area (Å²) >= 11 is 3.46. The molecule has 0 aliphatic carbocycles. The van der Waals surface area contributed by atoms with Gasteiger partial charge in [-0.15, -0.1) is 0 Å². The van der Waals surface area contributed by atoms with E-state index in [1.165, 1.54) is 19.0 Å². The maximum absolute atomic E-state index is 13.8. The van der Waals surface area contributed by atoms with Gasteiger partial charge >= 0.3 is 0 Å². The molecule has 0 saturated carbocycles. The maximum Gasteiger partial charge on any atom is 0.243 e. The molecule has 0 aliphatic rings. The predicted octanol–water partition coefficient (Wildman–Crippen LogP) is 4.61. The van der Waals surface area contributed by atoms with E-state index in [-0.39, 0.29) is 23.8 Å². The van der Waals surface area contributed by atoms with Crippen molar-refractivity contribution in [2.24, 2.45) is 0 Å². The number of amides is 2. The lowest BCUT2D eigenvalue weighted by Gasteiger charge is -2.32. The molecule has 0 aromatic heterocycles. The van der Waals surface area contributed by atoms with Crippen molar-refractivity contribution in [2.45, 2.75) is 23.9 Å². The molecule has 0 heterocycles. The topological polar surface area (TPSA) is 86.8 Å². The van der Waals surface area contributed by atoms with Gasteiger partial charge in [-0.25, -0.2) is 8.42 Å². The van der Waals surface area contributed by atoms with E-state index < -0.39 is 28.5 Å². The van der Waals surface area contributed by atoms with E-state index in [1.807, 2.05) is 78.9 Å². The van der Waals surface area contributed by atoms with E-state index in [9.17, 15) is 18.0 Å². The summed E-state index contributed by atoms with van der Waals surface area (Å²) in [5.74, 6) is -0.811. The van der Waals surface area contributed by atoms with Crippen LogP contribution in [-0.2, 0) is 32.6 Å². The Bertz CT molecular complexity index is 1580. The number of hydrogen-bond donors (Lipinski definition) is 1. The second kappa shape index (κ2) is 12.5. The van der Waals surface area contributed by atoms with E-state index in [0.717, 1.165) is 30.7 Å². The van der Waals surface area contributed by atoms with Crippen molar-refractivity contribution in [1.29, 1.82) is 0 Å². The molecular formula is C30H30BrN3O4S. The molecule has 39 heavy (non-hydrogen) atoms. The first-order chi connectivity index (χ1) is 18.7. The molecule has 9 heteroatoms. The predicted molar refractivity (Wildman–Crippen MR) is 156 cm³/mol. The number of carbonyl (C=O) groups is 2. The SMILES string of the molecule is CNC(=O)[C@H](Cc1ccccc1)N(Cc1cccc(Br)c1)C(=O)CN(C)S(=O)(=O)c1ccc2ccccc2c1. The fourth-order valence-electron chi connectivity index (χ4n) is 4.43. The molecule has 0 fully saturated rings.